The van der Waals surface area contributed by atoms with Gasteiger partial charge in [0.25, 0.3) is 0 Å². The Balaban J connectivity index is 2.10. The zero-order valence-corrected chi connectivity index (χ0v) is 14.6. The van der Waals surface area contributed by atoms with E-state index < -0.39 is 22.7 Å². The number of carbonyl (C=O) groups is 1. The number of thioether (sulfide) groups is 1. The van der Waals surface area contributed by atoms with Gasteiger partial charge in [0.05, 0.1) is 18.6 Å². The maximum absolute atomic E-state index is 12.6. The fourth-order valence-corrected chi connectivity index (χ4v) is 4.99. The monoisotopic (exact) mass is 353 g/mol. The number of aliphatic hydroxyl groups is 1. The molecule has 2 aromatic carbocycles. The lowest BCUT2D eigenvalue weighted by molar-refractivity contribution is -0.148. The summed E-state index contributed by atoms with van der Waals surface area (Å²) < 4.78 is 5.19. The van der Waals surface area contributed by atoms with Gasteiger partial charge >= 0.3 is 5.97 Å². The summed E-state index contributed by atoms with van der Waals surface area (Å²) in [6.07, 6.45) is 0. The van der Waals surface area contributed by atoms with E-state index in [0.717, 1.165) is 5.56 Å². The van der Waals surface area contributed by atoms with Gasteiger partial charge in [0.15, 0.2) is 0 Å². The Bertz CT molecular complexity index is 775. The van der Waals surface area contributed by atoms with Crippen molar-refractivity contribution in [2.24, 2.45) is 5.92 Å². The molecular weight excluding hydrogens is 334 g/mol. The molecule has 1 fully saturated rings. The summed E-state index contributed by atoms with van der Waals surface area (Å²) in [5.41, 5.74) is -0.126. The summed E-state index contributed by atoms with van der Waals surface area (Å²) in [6, 6.07) is 20.7. The van der Waals surface area contributed by atoms with Crippen LogP contribution < -0.4 is 0 Å². The molecule has 1 N–H and O–H groups in total. The Morgan fingerprint density at radius 2 is 1.80 bits per heavy atom. The van der Waals surface area contributed by atoms with Crippen LogP contribution in [0.5, 0.6) is 0 Å². The van der Waals surface area contributed by atoms with E-state index in [0.29, 0.717) is 5.56 Å². The van der Waals surface area contributed by atoms with Crippen LogP contribution in [0.15, 0.2) is 60.7 Å². The Hall–Kier alpha value is -2.29. The van der Waals surface area contributed by atoms with Crippen molar-refractivity contribution in [3.05, 3.63) is 71.8 Å². The van der Waals surface area contributed by atoms with Gasteiger partial charge in [-0.2, -0.15) is 5.26 Å². The largest absolute Gasteiger partial charge is 0.465 e. The third-order valence-electron chi connectivity index (χ3n) is 4.46. The molecule has 0 aromatic heterocycles. The van der Waals surface area contributed by atoms with E-state index in [2.05, 4.69) is 6.07 Å². The molecule has 0 amide bonds. The summed E-state index contributed by atoms with van der Waals surface area (Å²) in [4.78, 5) is 12.6. The van der Waals surface area contributed by atoms with E-state index in [1.165, 1.54) is 11.8 Å². The lowest BCUT2D eigenvalue weighted by Gasteiger charge is -2.31. The van der Waals surface area contributed by atoms with Gasteiger partial charge in [-0.3, -0.25) is 4.79 Å². The zero-order valence-electron chi connectivity index (χ0n) is 13.8. The van der Waals surface area contributed by atoms with Crippen LogP contribution in [0.1, 0.15) is 23.3 Å². The Morgan fingerprint density at radius 3 is 2.36 bits per heavy atom. The summed E-state index contributed by atoms with van der Waals surface area (Å²) in [7, 11) is 0. The summed E-state index contributed by atoms with van der Waals surface area (Å²) >= 11 is 1.30. The lowest BCUT2D eigenvalue weighted by Crippen LogP contribution is -2.44. The van der Waals surface area contributed by atoms with Gasteiger partial charge < -0.3 is 9.84 Å². The number of hydrogen-bond acceptors (Lipinski definition) is 5. The van der Waals surface area contributed by atoms with Gasteiger partial charge in [-0.15, -0.1) is 11.8 Å². The van der Waals surface area contributed by atoms with Crippen LogP contribution in [0.3, 0.4) is 0 Å². The van der Waals surface area contributed by atoms with Crippen LogP contribution in [0.4, 0.5) is 0 Å². The highest BCUT2D eigenvalue weighted by Crippen LogP contribution is 2.58. The number of esters is 1. The highest BCUT2D eigenvalue weighted by Gasteiger charge is 2.60. The molecule has 0 radical (unpaired) electrons. The molecule has 128 valence electrons. The molecule has 4 atom stereocenters. The van der Waals surface area contributed by atoms with Gasteiger partial charge in [0, 0.05) is 5.25 Å². The number of hydrogen-bond donors (Lipinski definition) is 1. The molecule has 0 bridgehead atoms. The SMILES string of the molecule is CCOC(=O)[C@@H]1S[C@@H](c2ccccc2)[C@@H](C#N)[C@]1(O)c1ccccc1. The standard InChI is InChI=1S/C20H19NO3S/c1-2-24-19(22)18-20(23,15-11-7-4-8-12-15)16(13-21)17(25-18)14-9-5-3-6-10-14/h3-12,16-18,23H,2H2,1H3/t16-,17+,18+,20-/m1/s1. The first kappa shape index (κ1) is 17.5. The first-order valence-corrected chi connectivity index (χ1v) is 9.11. The normalized spacial score (nSPS) is 28.3. The average Bonchev–Trinajstić information content (AvgIpc) is 2.97. The molecule has 1 aliphatic rings. The Labute approximate surface area is 151 Å². The molecule has 3 rings (SSSR count). The molecule has 5 heteroatoms. The van der Waals surface area contributed by atoms with Crippen molar-refractivity contribution in [3.8, 4) is 6.07 Å². The molecule has 0 spiro atoms. The van der Waals surface area contributed by atoms with Crippen LogP contribution in [-0.2, 0) is 15.1 Å². The van der Waals surface area contributed by atoms with Gasteiger partial charge in [0.2, 0.25) is 0 Å². The van der Waals surface area contributed by atoms with E-state index in [9.17, 15) is 15.2 Å². The lowest BCUT2D eigenvalue weighted by atomic mass is 9.76. The third kappa shape index (κ3) is 3.04. The Morgan fingerprint density at radius 1 is 1.20 bits per heavy atom. The number of ether oxygens (including phenoxy) is 1. The van der Waals surface area contributed by atoms with E-state index in [-0.39, 0.29) is 11.9 Å². The van der Waals surface area contributed by atoms with Crippen LogP contribution in [0.25, 0.3) is 0 Å². The van der Waals surface area contributed by atoms with Crippen molar-refractivity contribution in [2.45, 2.75) is 23.0 Å². The number of nitriles is 1. The molecular formula is C20H19NO3S. The fourth-order valence-electron chi connectivity index (χ4n) is 3.29. The van der Waals surface area contributed by atoms with Crippen molar-refractivity contribution in [1.82, 2.24) is 0 Å². The second kappa shape index (κ2) is 7.30. The summed E-state index contributed by atoms with van der Waals surface area (Å²) in [5, 5.41) is 20.2. The van der Waals surface area contributed by atoms with Gasteiger partial charge in [-0.05, 0) is 18.1 Å². The number of rotatable bonds is 4. The molecule has 2 aromatic rings. The Kier molecular flexibility index (Phi) is 5.12. The van der Waals surface area contributed by atoms with E-state index in [1.807, 2.05) is 36.4 Å². The number of carbonyl (C=O) groups excluding carboxylic acids is 1. The second-order valence-electron chi connectivity index (χ2n) is 5.90. The van der Waals surface area contributed by atoms with E-state index >= 15 is 0 Å². The zero-order chi connectivity index (χ0) is 17.9. The van der Waals surface area contributed by atoms with E-state index in [4.69, 9.17) is 4.74 Å². The molecule has 25 heavy (non-hydrogen) atoms. The van der Waals surface area contributed by atoms with Gasteiger partial charge in [0.1, 0.15) is 10.9 Å². The highest BCUT2D eigenvalue weighted by molar-refractivity contribution is 8.01. The molecule has 1 saturated heterocycles. The fraction of sp³-hybridized carbons (Fsp3) is 0.300. The van der Waals surface area contributed by atoms with Crippen LogP contribution >= 0.6 is 11.8 Å². The maximum atomic E-state index is 12.6. The van der Waals surface area contributed by atoms with E-state index in [1.54, 1.807) is 31.2 Å². The molecule has 1 heterocycles. The van der Waals surface area contributed by atoms with Gasteiger partial charge in [-0.25, -0.2) is 0 Å². The second-order valence-corrected chi connectivity index (χ2v) is 7.15. The third-order valence-corrected chi connectivity index (χ3v) is 6.12. The topological polar surface area (TPSA) is 70.3 Å². The summed E-state index contributed by atoms with van der Waals surface area (Å²) in [5.74, 6) is -1.26. The van der Waals surface area contributed by atoms with Crippen LogP contribution in [-0.4, -0.2) is 22.9 Å². The van der Waals surface area contributed by atoms with Crippen molar-refractivity contribution >= 4 is 17.7 Å². The molecule has 0 unspecified atom stereocenters. The summed E-state index contributed by atoms with van der Waals surface area (Å²) in [6.45, 7) is 1.96. The predicted octanol–water partition coefficient (Wildman–Crippen LogP) is 3.43. The number of benzene rings is 2. The van der Waals surface area contributed by atoms with Gasteiger partial charge in [-0.1, -0.05) is 60.7 Å². The first-order valence-electron chi connectivity index (χ1n) is 8.17. The molecule has 4 nitrogen and oxygen atoms in total. The van der Waals surface area contributed by atoms with Crippen LogP contribution in [0, 0.1) is 17.2 Å². The minimum absolute atomic E-state index is 0.230. The number of nitrogens with zero attached hydrogens (tertiary/aromatic N) is 1. The minimum Gasteiger partial charge on any atom is -0.465 e. The first-order chi connectivity index (χ1) is 12.1. The smallest absolute Gasteiger partial charge is 0.322 e. The minimum atomic E-state index is -1.60. The van der Waals surface area contributed by atoms with Crippen molar-refractivity contribution in [1.29, 1.82) is 5.26 Å². The maximum Gasteiger partial charge on any atom is 0.322 e. The molecule has 1 aliphatic heterocycles. The van der Waals surface area contributed by atoms with Crippen molar-refractivity contribution in [3.63, 3.8) is 0 Å². The molecule has 0 saturated carbocycles. The average molecular weight is 353 g/mol. The quantitative estimate of drug-likeness (QED) is 0.853. The molecule has 0 aliphatic carbocycles. The van der Waals surface area contributed by atoms with Crippen LogP contribution in [0.2, 0.25) is 0 Å². The predicted molar refractivity (Wildman–Crippen MR) is 96.6 cm³/mol. The van der Waals surface area contributed by atoms with Crippen molar-refractivity contribution in [2.75, 3.05) is 6.61 Å². The highest BCUT2D eigenvalue weighted by atomic mass is 32.2. The van der Waals surface area contributed by atoms with Crippen molar-refractivity contribution < 1.29 is 14.6 Å².